The Bertz CT molecular complexity index is 828. The van der Waals surface area contributed by atoms with Gasteiger partial charge in [-0.1, -0.05) is 15.9 Å². The van der Waals surface area contributed by atoms with Gasteiger partial charge in [0.15, 0.2) is 5.76 Å². The van der Waals surface area contributed by atoms with Crippen LogP contribution in [0.4, 0.5) is 0 Å². The molecular formula is C19H24BrN3O4. The number of amides is 2. The number of carbonyl (C=O) groups excluding carboxylic acids is 2. The van der Waals surface area contributed by atoms with Gasteiger partial charge in [-0.2, -0.15) is 0 Å². The molecule has 0 radical (unpaired) electrons. The average molecular weight is 438 g/mol. The van der Waals surface area contributed by atoms with Crippen LogP contribution in [-0.4, -0.2) is 74.6 Å². The van der Waals surface area contributed by atoms with E-state index in [0.717, 1.165) is 15.4 Å². The molecule has 0 aliphatic carbocycles. The minimum atomic E-state index is -0.0935. The molecule has 146 valence electrons. The lowest BCUT2D eigenvalue weighted by Crippen LogP contribution is -2.51. The van der Waals surface area contributed by atoms with E-state index in [4.69, 9.17) is 9.15 Å². The number of nitrogens with zero attached hydrogens (tertiary/aromatic N) is 2. The third kappa shape index (κ3) is 4.69. The van der Waals surface area contributed by atoms with Gasteiger partial charge in [0.05, 0.1) is 13.2 Å². The molecule has 0 bridgehead atoms. The number of halogens is 1. The summed E-state index contributed by atoms with van der Waals surface area (Å²) in [4.78, 5) is 28.6. The second-order valence-corrected chi connectivity index (χ2v) is 7.52. The Morgan fingerprint density at radius 2 is 2.00 bits per heavy atom. The molecule has 3 rings (SSSR count). The van der Waals surface area contributed by atoms with Crippen LogP contribution in [0.25, 0.3) is 11.0 Å². The lowest BCUT2D eigenvalue weighted by atomic mass is 10.1. The number of aryl methyl sites for hydroxylation is 1. The molecule has 27 heavy (non-hydrogen) atoms. The highest BCUT2D eigenvalue weighted by Crippen LogP contribution is 2.29. The third-order valence-corrected chi connectivity index (χ3v) is 5.24. The van der Waals surface area contributed by atoms with Gasteiger partial charge < -0.3 is 19.4 Å². The summed E-state index contributed by atoms with van der Waals surface area (Å²) >= 11 is 3.45. The fourth-order valence-corrected chi connectivity index (χ4v) is 3.56. The first-order chi connectivity index (χ1) is 13.0. The highest BCUT2D eigenvalue weighted by Gasteiger charge is 2.27. The standard InChI is InChI=1S/C19H24BrN3O4/c1-13-15-11-14(20)3-4-16(15)27-18(13)19(25)23-8-6-22(7-9-23)12-17(24)21-5-10-26-2/h3-4,11H,5-10,12H2,1-2H3,(H,21,24). The average Bonchev–Trinajstić information content (AvgIpc) is 2.98. The van der Waals surface area contributed by atoms with Gasteiger partial charge in [0, 0.05) is 55.3 Å². The van der Waals surface area contributed by atoms with Gasteiger partial charge in [-0.25, -0.2) is 0 Å². The summed E-state index contributed by atoms with van der Waals surface area (Å²) in [7, 11) is 1.60. The van der Waals surface area contributed by atoms with Crippen molar-refractivity contribution >= 4 is 38.7 Å². The first kappa shape index (κ1) is 19.9. The number of methoxy groups -OCH3 is 1. The van der Waals surface area contributed by atoms with E-state index < -0.39 is 0 Å². The van der Waals surface area contributed by atoms with Crippen molar-refractivity contribution in [1.29, 1.82) is 0 Å². The predicted octanol–water partition coefficient (Wildman–Crippen LogP) is 2.02. The van der Waals surface area contributed by atoms with Crippen molar-refractivity contribution in [1.82, 2.24) is 15.1 Å². The molecule has 1 aromatic carbocycles. The number of hydrogen-bond acceptors (Lipinski definition) is 5. The quantitative estimate of drug-likeness (QED) is 0.699. The van der Waals surface area contributed by atoms with Crippen molar-refractivity contribution in [2.24, 2.45) is 0 Å². The number of rotatable bonds is 6. The van der Waals surface area contributed by atoms with Crippen LogP contribution in [-0.2, 0) is 9.53 Å². The molecule has 0 saturated carbocycles. The highest BCUT2D eigenvalue weighted by atomic mass is 79.9. The zero-order valence-electron chi connectivity index (χ0n) is 15.6. The number of benzene rings is 1. The van der Waals surface area contributed by atoms with Crippen molar-refractivity contribution < 1.29 is 18.7 Å². The molecule has 0 spiro atoms. The van der Waals surface area contributed by atoms with Crippen LogP contribution in [0.5, 0.6) is 0 Å². The highest BCUT2D eigenvalue weighted by molar-refractivity contribution is 9.10. The van der Waals surface area contributed by atoms with Crippen LogP contribution in [0.3, 0.4) is 0 Å². The summed E-state index contributed by atoms with van der Waals surface area (Å²) < 4.78 is 11.7. The SMILES string of the molecule is COCCNC(=O)CN1CCN(C(=O)c2oc3ccc(Br)cc3c2C)CC1. The van der Waals surface area contributed by atoms with E-state index >= 15 is 0 Å². The summed E-state index contributed by atoms with van der Waals surface area (Å²) in [5, 5.41) is 3.76. The Balaban J connectivity index is 1.57. The molecule has 2 amide bonds. The van der Waals surface area contributed by atoms with Gasteiger partial charge in [0.1, 0.15) is 5.58 Å². The first-order valence-corrected chi connectivity index (χ1v) is 9.75. The number of nitrogens with one attached hydrogen (secondary N) is 1. The molecule has 1 N–H and O–H groups in total. The van der Waals surface area contributed by atoms with Crippen molar-refractivity contribution in [3.8, 4) is 0 Å². The van der Waals surface area contributed by atoms with Crippen molar-refractivity contribution in [2.45, 2.75) is 6.92 Å². The second kappa shape index (κ2) is 8.86. The van der Waals surface area contributed by atoms with E-state index in [-0.39, 0.29) is 11.8 Å². The van der Waals surface area contributed by atoms with Crippen LogP contribution in [0.2, 0.25) is 0 Å². The number of carbonyl (C=O) groups is 2. The molecule has 1 aliphatic heterocycles. The predicted molar refractivity (Wildman–Crippen MR) is 106 cm³/mol. The van der Waals surface area contributed by atoms with Crippen LogP contribution in [0.15, 0.2) is 27.1 Å². The van der Waals surface area contributed by atoms with E-state index in [1.165, 1.54) is 0 Å². The molecule has 2 aromatic rings. The fourth-order valence-electron chi connectivity index (χ4n) is 3.20. The van der Waals surface area contributed by atoms with E-state index in [0.29, 0.717) is 57.2 Å². The molecule has 7 nitrogen and oxygen atoms in total. The first-order valence-electron chi connectivity index (χ1n) is 8.95. The summed E-state index contributed by atoms with van der Waals surface area (Å²) in [6.45, 7) is 5.73. The fraction of sp³-hybridized carbons (Fsp3) is 0.474. The largest absolute Gasteiger partial charge is 0.451 e. The Kier molecular flexibility index (Phi) is 6.51. The van der Waals surface area contributed by atoms with Gasteiger partial charge in [-0.05, 0) is 25.1 Å². The molecule has 1 aliphatic rings. The maximum absolute atomic E-state index is 12.9. The van der Waals surface area contributed by atoms with Crippen molar-refractivity contribution in [3.63, 3.8) is 0 Å². The molecular weight excluding hydrogens is 414 g/mol. The van der Waals surface area contributed by atoms with Gasteiger partial charge >= 0.3 is 0 Å². The smallest absolute Gasteiger partial charge is 0.289 e. The monoisotopic (exact) mass is 437 g/mol. The Morgan fingerprint density at radius 1 is 1.26 bits per heavy atom. The molecule has 1 fully saturated rings. The van der Waals surface area contributed by atoms with Crippen molar-refractivity contribution in [2.75, 3.05) is 53.0 Å². The van der Waals surface area contributed by atoms with E-state index in [1.807, 2.05) is 25.1 Å². The maximum Gasteiger partial charge on any atom is 0.289 e. The summed E-state index contributed by atoms with van der Waals surface area (Å²) in [5.74, 6) is 0.281. The molecule has 1 aromatic heterocycles. The minimum Gasteiger partial charge on any atom is -0.451 e. The summed E-state index contributed by atoms with van der Waals surface area (Å²) in [5.41, 5.74) is 1.57. The number of furan rings is 1. The van der Waals surface area contributed by atoms with Crippen LogP contribution < -0.4 is 5.32 Å². The van der Waals surface area contributed by atoms with Crippen molar-refractivity contribution in [3.05, 3.63) is 34.0 Å². The molecule has 0 atom stereocenters. The molecule has 2 heterocycles. The molecule has 1 saturated heterocycles. The topological polar surface area (TPSA) is 75.0 Å². The van der Waals surface area contributed by atoms with Crippen LogP contribution >= 0.6 is 15.9 Å². The zero-order chi connectivity index (χ0) is 19.4. The Hall–Kier alpha value is -1.90. The lowest BCUT2D eigenvalue weighted by Gasteiger charge is -2.33. The van der Waals surface area contributed by atoms with Gasteiger partial charge in [0.25, 0.3) is 5.91 Å². The van der Waals surface area contributed by atoms with Gasteiger partial charge in [-0.3, -0.25) is 14.5 Å². The number of fused-ring (bicyclic) bond motifs is 1. The normalized spacial score (nSPS) is 15.3. The number of piperazine rings is 1. The second-order valence-electron chi connectivity index (χ2n) is 6.61. The molecule has 8 heteroatoms. The van der Waals surface area contributed by atoms with Crippen LogP contribution in [0.1, 0.15) is 16.1 Å². The van der Waals surface area contributed by atoms with Gasteiger partial charge in [-0.15, -0.1) is 0 Å². The third-order valence-electron chi connectivity index (χ3n) is 4.75. The van der Waals surface area contributed by atoms with E-state index in [2.05, 4.69) is 26.1 Å². The van der Waals surface area contributed by atoms with Gasteiger partial charge in [0.2, 0.25) is 5.91 Å². The maximum atomic E-state index is 12.9. The summed E-state index contributed by atoms with van der Waals surface area (Å²) in [6.07, 6.45) is 0. The number of ether oxygens (including phenoxy) is 1. The zero-order valence-corrected chi connectivity index (χ0v) is 17.2. The Morgan fingerprint density at radius 3 is 2.70 bits per heavy atom. The minimum absolute atomic E-state index is 0.0227. The Labute approximate surface area is 166 Å². The number of hydrogen-bond donors (Lipinski definition) is 1. The summed E-state index contributed by atoms with van der Waals surface area (Å²) in [6, 6.07) is 5.73. The van der Waals surface area contributed by atoms with Crippen LogP contribution in [0, 0.1) is 6.92 Å². The lowest BCUT2D eigenvalue weighted by molar-refractivity contribution is -0.122. The molecule has 0 unspecified atom stereocenters. The van der Waals surface area contributed by atoms with E-state index in [9.17, 15) is 9.59 Å². The van der Waals surface area contributed by atoms with E-state index in [1.54, 1.807) is 12.0 Å².